The van der Waals surface area contributed by atoms with Gasteiger partial charge < -0.3 is 15.5 Å². The number of piperazine rings is 1. The topological polar surface area (TPSA) is 64.7 Å². The van der Waals surface area contributed by atoms with Crippen molar-refractivity contribution in [1.82, 2.24) is 20.4 Å². The van der Waals surface area contributed by atoms with Crippen LogP contribution in [0.5, 0.6) is 0 Å². The Morgan fingerprint density at radius 1 is 1.03 bits per heavy atom. The molecule has 6 nitrogen and oxygen atoms in total. The standard InChI is InChI=1S/C22H37FN4O2/c1-14-6-7-19(23)18-13-20(25-21(14)18)22(29)24-16-4-3-5-17(12-16)27-10-8-26(9-11-27)15(2)28/h14,16-21,25H,3-13H2,1-2H3,(H,24,29)/t14?,16-,17+,18?,19?,20?,21?/m0/s1. The highest BCUT2D eigenvalue weighted by Crippen LogP contribution is 2.38. The molecule has 2 aliphatic heterocycles. The summed E-state index contributed by atoms with van der Waals surface area (Å²) in [6, 6.07) is 0.585. The predicted molar refractivity (Wildman–Crippen MR) is 110 cm³/mol. The van der Waals surface area contributed by atoms with E-state index in [1.165, 1.54) is 6.42 Å². The summed E-state index contributed by atoms with van der Waals surface area (Å²) in [5, 5.41) is 6.73. The van der Waals surface area contributed by atoms with Crippen LogP contribution in [0.15, 0.2) is 0 Å². The van der Waals surface area contributed by atoms with E-state index in [1.807, 2.05) is 4.90 Å². The molecule has 2 heterocycles. The summed E-state index contributed by atoms with van der Waals surface area (Å²) in [4.78, 5) is 28.9. The Morgan fingerprint density at radius 2 is 1.79 bits per heavy atom. The molecule has 0 radical (unpaired) electrons. The van der Waals surface area contributed by atoms with E-state index >= 15 is 0 Å². The molecule has 0 aromatic carbocycles. The highest BCUT2D eigenvalue weighted by atomic mass is 19.1. The van der Waals surface area contributed by atoms with Gasteiger partial charge >= 0.3 is 0 Å². The Labute approximate surface area is 173 Å². The van der Waals surface area contributed by atoms with Crippen molar-refractivity contribution in [1.29, 1.82) is 0 Å². The van der Waals surface area contributed by atoms with Crippen LogP contribution in [-0.2, 0) is 9.59 Å². The number of carbonyl (C=O) groups excluding carboxylic acids is 2. The predicted octanol–water partition coefficient (Wildman–Crippen LogP) is 1.69. The van der Waals surface area contributed by atoms with Crippen molar-refractivity contribution in [2.75, 3.05) is 26.2 Å². The number of amides is 2. The van der Waals surface area contributed by atoms with Gasteiger partial charge in [-0.2, -0.15) is 0 Å². The Morgan fingerprint density at radius 3 is 2.48 bits per heavy atom. The second-order valence-electron chi connectivity index (χ2n) is 9.78. The summed E-state index contributed by atoms with van der Waals surface area (Å²) in [6.45, 7) is 7.28. The lowest BCUT2D eigenvalue weighted by atomic mass is 9.77. The monoisotopic (exact) mass is 408 g/mol. The molecule has 2 aliphatic carbocycles. The zero-order valence-corrected chi connectivity index (χ0v) is 17.9. The van der Waals surface area contributed by atoms with E-state index in [1.54, 1.807) is 6.92 Å². The third-order valence-corrected chi connectivity index (χ3v) is 7.92. The van der Waals surface area contributed by atoms with E-state index in [9.17, 15) is 14.0 Å². The van der Waals surface area contributed by atoms with Crippen LogP contribution in [0, 0.1) is 11.8 Å². The number of rotatable bonds is 3. The molecule has 0 spiro atoms. The lowest BCUT2D eigenvalue weighted by molar-refractivity contribution is -0.131. The molecule has 29 heavy (non-hydrogen) atoms. The van der Waals surface area contributed by atoms with Crippen molar-refractivity contribution in [3.63, 3.8) is 0 Å². The van der Waals surface area contributed by atoms with Gasteiger partial charge in [-0.3, -0.25) is 14.5 Å². The molecule has 0 aromatic rings. The average molecular weight is 409 g/mol. The van der Waals surface area contributed by atoms with E-state index in [-0.39, 0.29) is 35.9 Å². The maximum atomic E-state index is 14.3. The minimum absolute atomic E-state index is 0.00817. The molecule has 4 rings (SSSR count). The zero-order valence-electron chi connectivity index (χ0n) is 17.9. The number of carbonyl (C=O) groups is 2. The highest BCUT2D eigenvalue weighted by Gasteiger charge is 2.46. The quantitative estimate of drug-likeness (QED) is 0.746. The fourth-order valence-corrected chi connectivity index (χ4v) is 6.13. The van der Waals surface area contributed by atoms with Gasteiger partial charge in [0.2, 0.25) is 11.8 Å². The number of fused-ring (bicyclic) bond motifs is 1. The fourth-order valence-electron chi connectivity index (χ4n) is 6.13. The molecule has 2 N–H and O–H groups in total. The first-order chi connectivity index (χ1) is 13.9. The van der Waals surface area contributed by atoms with Gasteiger partial charge in [0.25, 0.3) is 0 Å². The van der Waals surface area contributed by atoms with Gasteiger partial charge in [0.15, 0.2) is 0 Å². The largest absolute Gasteiger partial charge is 0.352 e. The number of hydrogen-bond donors (Lipinski definition) is 2. The molecular formula is C22H37FN4O2. The Bertz CT molecular complexity index is 592. The van der Waals surface area contributed by atoms with Crippen molar-refractivity contribution in [3.8, 4) is 0 Å². The normalized spacial score (nSPS) is 41.1. The number of hydrogen-bond acceptors (Lipinski definition) is 4. The summed E-state index contributed by atoms with van der Waals surface area (Å²) in [6.07, 6.45) is 5.70. The Hall–Kier alpha value is -1.21. The summed E-state index contributed by atoms with van der Waals surface area (Å²) >= 11 is 0. The summed E-state index contributed by atoms with van der Waals surface area (Å²) < 4.78 is 14.3. The van der Waals surface area contributed by atoms with Crippen LogP contribution in [0.25, 0.3) is 0 Å². The number of halogens is 1. The van der Waals surface area contributed by atoms with Gasteiger partial charge in [-0.1, -0.05) is 6.92 Å². The van der Waals surface area contributed by atoms with Gasteiger partial charge in [0, 0.05) is 57.1 Å². The van der Waals surface area contributed by atoms with Gasteiger partial charge in [0.05, 0.1) is 6.04 Å². The van der Waals surface area contributed by atoms with Gasteiger partial charge in [-0.05, 0) is 50.9 Å². The SMILES string of the molecule is CC(=O)N1CCN([C@@H]2CCC[C@H](NC(=O)C3CC4C(F)CCC(C)C4N3)C2)CC1. The minimum Gasteiger partial charge on any atom is -0.352 e. The van der Waals surface area contributed by atoms with Crippen LogP contribution < -0.4 is 10.6 Å². The molecule has 0 bridgehead atoms. The van der Waals surface area contributed by atoms with Crippen LogP contribution >= 0.6 is 0 Å². The first-order valence-electron chi connectivity index (χ1n) is 11.6. The minimum atomic E-state index is -0.769. The smallest absolute Gasteiger partial charge is 0.237 e. The maximum Gasteiger partial charge on any atom is 0.237 e. The number of alkyl halides is 1. The van der Waals surface area contributed by atoms with Gasteiger partial charge in [0.1, 0.15) is 6.17 Å². The van der Waals surface area contributed by atoms with Gasteiger partial charge in [-0.25, -0.2) is 4.39 Å². The molecule has 0 aromatic heterocycles. The molecular weight excluding hydrogens is 371 g/mol. The molecule has 2 saturated carbocycles. The number of nitrogens with one attached hydrogen (secondary N) is 2. The zero-order chi connectivity index (χ0) is 20.5. The van der Waals surface area contributed by atoms with Crippen molar-refractivity contribution >= 4 is 11.8 Å². The Balaban J connectivity index is 1.27. The second kappa shape index (κ2) is 8.88. The summed E-state index contributed by atoms with van der Waals surface area (Å²) in [5.41, 5.74) is 0. The third-order valence-electron chi connectivity index (χ3n) is 7.92. The number of nitrogens with zero attached hydrogens (tertiary/aromatic N) is 2. The Kier molecular flexibility index (Phi) is 6.44. The summed E-state index contributed by atoms with van der Waals surface area (Å²) in [7, 11) is 0. The first kappa shape index (κ1) is 21.0. The van der Waals surface area contributed by atoms with E-state index in [0.29, 0.717) is 24.8 Å². The van der Waals surface area contributed by atoms with Crippen LogP contribution in [0.1, 0.15) is 58.8 Å². The molecule has 5 unspecified atom stereocenters. The molecule has 2 saturated heterocycles. The summed E-state index contributed by atoms with van der Waals surface area (Å²) in [5.74, 6) is 0.655. The maximum absolute atomic E-state index is 14.3. The van der Waals surface area contributed by atoms with Crippen LogP contribution in [0.3, 0.4) is 0 Å². The van der Waals surface area contributed by atoms with Crippen LogP contribution in [0.2, 0.25) is 0 Å². The van der Waals surface area contributed by atoms with Gasteiger partial charge in [-0.15, -0.1) is 0 Å². The molecule has 4 fully saturated rings. The average Bonchev–Trinajstić information content (AvgIpc) is 3.18. The van der Waals surface area contributed by atoms with E-state index in [4.69, 9.17) is 0 Å². The van der Waals surface area contributed by atoms with Crippen molar-refractivity contribution in [3.05, 3.63) is 0 Å². The molecule has 2 amide bonds. The highest BCUT2D eigenvalue weighted by molar-refractivity contribution is 5.82. The van der Waals surface area contributed by atoms with Crippen molar-refractivity contribution in [2.24, 2.45) is 11.8 Å². The third kappa shape index (κ3) is 4.61. The van der Waals surface area contributed by atoms with E-state index in [2.05, 4.69) is 22.5 Å². The van der Waals surface area contributed by atoms with Crippen molar-refractivity contribution in [2.45, 2.75) is 89.1 Å². The van der Waals surface area contributed by atoms with E-state index < -0.39 is 6.17 Å². The molecule has 164 valence electrons. The molecule has 7 atom stereocenters. The van der Waals surface area contributed by atoms with Crippen LogP contribution in [-0.4, -0.2) is 78.1 Å². The first-order valence-corrected chi connectivity index (χ1v) is 11.6. The second-order valence-corrected chi connectivity index (χ2v) is 9.78. The fraction of sp³-hybridized carbons (Fsp3) is 0.909. The lowest BCUT2D eigenvalue weighted by Gasteiger charge is -2.42. The van der Waals surface area contributed by atoms with E-state index in [0.717, 1.165) is 51.9 Å². The van der Waals surface area contributed by atoms with Crippen LogP contribution in [0.4, 0.5) is 4.39 Å². The van der Waals surface area contributed by atoms with Crippen molar-refractivity contribution < 1.29 is 14.0 Å². The molecule has 7 heteroatoms. The lowest BCUT2D eigenvalue weighted by Crippen LogP contribution is -2.55. The molecule has 4 aliphatic rings.